The fraction of sp³-hybridized carbons (Fsp3) is 0.368. The highest BCUT2D eigenvalue weighted by atomic mass is 16.3. The molecule has 1 unspecified atom stereocenters. The molecule has 0 radical (unpaired) electrons. The summed E-state index contributed by atoms with van der Waals surface area (Å²) in [5.74, 6) is 0. The van der Waals surface area contributed by atoms with Crippen LogP contribution < -0.4 is 5.32 Å². The van der Waals surface area contributed by atoms with Gasteiger partial charge in [-0.05, 0) is 43.0 Å². The molecule has 0 aromatic heterocycles. The largest absolute Gasteiger partial charge is 0.394 e. The van der Waals surface area contributed by atoms with Crippen molar-refractivity contribution in [1.82, 2.24) is 0 Å². The Morgan fingerprint density at radius 1 is 1.05 bits per heavy atom. The zero-order valence-corrected chi connectivity index (χ0v) is 13.2. The number of aliphatic hydroxyl groups excluding tert-OH is 1. The summed E-state index contributed by atoms with van der Waals surface area (Å²) < 4.78 is 0. The third kappa shape index (κ3) is 3.64. The molecule has 0 aliphatic carbocycles. The molecule has 0 amide bonds. The van der Waals surface area contributed by atoms with Crippen LogP contribution in [0.15, 0.2) is 48.5 Å². The van der Waals surface area contributed by atoms with Crippen LogP contribution in [0.1, 0.15) is 37.0 Å². The molecule has 21 heavy (non-hydrogen) atoms. The Bertz CT molecular complexity index is 576. The smallest absolute Gasteiger partial charge is 0.0828 e. The molecule has 0 saturated carbocycles. The van der Waals surface area contributed by atoms with Crippen molar-refractivity contribution in [2.75, 3.05) is 11.9 Å². The Hall–Kier alpha value is -1.80. The van der Waals surface area contributed by atoms with Crippen molar-refractivity contribution < 1.29 is 5.11 Å². The van der Waals surface area contributed by atoms with E-state index in [1.54, 1.807) is 0 Å². The van der Waals surface area contributed by atoms with Gasteiger partial charge in [0.2, 0.25) is 0 Å². The van der Waals surface area contributed by atoms with Gasteiger partial charge < -0.3 is 10.4 Å². The molecule has 0 spiro atoms. The molecule has 2 heteroatoms. The summed E-state index contributed by atoms with van der Waals surface area (Å²) in [4.78, 5) is 0. The molecule has 2 nitrogen and oxygen atoms in total. The van der Waals surface area contributed by atoms with E-state index < -0.39 is 5.54 Å². The molecular formula is C19H25NO. The molecule has 2 rings (SSSR count). The third-order valence-electron chi connectivity index (χ3n) is 4.00. The predicted molar refractivity (Wildman–Crippen MR) is 89.7 cm³/mol. The Kier molecular flexibility index (Phi) is 5.03. The van der Waals surface area contributed by atoms with Crippen molar-refractivity contribution >= 4 is 5.69 Å². The lowest BCUT2D eigenvalue weighted by Crippen LogP contribution is -2.36. The number of aliphatic hydroxyl groups is 1. The van der Waals surface area contributed by atoms with Crippen LogP contribution in [0, 0.1) is 6.92 Å². The van der Waals surface area contributed by atoms with Crippen LogP contribution in [-0.4, -0.2) is 11.7 Å². The summed E-state index contributed by atoms with van der Waals surface area (Å²) in [6.07, 6.45) is 2.25. The van der Waals surface area contributed by atoms with Gasteiger partial charge in [-0.2, -0.15) is 0 Å². The maximum Gasteiger partial charge on any atom is 0.0828 e. The number of benzene rings is 2. The van der Waals surface area contributed by atoms with E-state index in [1.807, 2.05) is 19.1 Å². The normalized spacial score (nSPS) is 13.7. The van der Waals surface area contributed by atoms with Gasteiger partial charge in [-0.15, -0.1) is 0 Å². The summed E-state index contributed by atoms with van der Waals surface area (Å²) in [7, 11) is 0. The van der Waals surface area contributed by atoms with Crippen LogP contribution in [-0.2, 0) is 12.0 Å². The van der Waals surface area contributed by atoms with Gasteiger partial charge in [0.05, 0.1) is 12.1 Å². The first-order chi connectivity index (χ1) is 10.1. The number of rotatable bonds is 6. The highest BCUT2D eigenvalue weighted by Gasteiger charge is 2.25. The monoisotopic (exact) mass is 283 g/mol. The van der Waals surface area contributed by atoms with E-state index in [0.29, 0.717) is 0 Å². The van der Waals surface area contributed by atoms with Gasteiger partial charge >= 0.3 is 0 Å². The van der Waals surface area contributed by atoms with Gasteiger partial charge in [-0.1, -0.05) is 55.8 Å². The fourth-order valence-electron chi connectivity index (χ4n) is 2.54. The second-order valence-corrected chi connectivity index (χ2v) is 5.88. The first-order valence-corrected chi connectivity index (χ1v) is 7.63. The molecule has 0 bridgehead atoms. The molecule has 2 aromatic carbocycles. The van der Waals surface area contributed by atoms with E-state index in [-0.39, 0.29) is 6.61 Å². The maximum absolute atomic E-state index is 9.90. The molecule has 0 heterocycles. The zero-order valence-electron chi connectivity index (χ0n) is 13.2. The number of aryl methyl sites for hydroxylation is 2. The van der Waals surface area contributed by atoms with Crippen LogP contribution >= 0.6 is 0 Å². The standard InChI is InChI=1S/C19H25NO/c1-4-7-16-10-12-17(13-11-16)19(3,14-21)20-18-9-6-5-8-15(18)2/h5-6,8-13,20-21H,4,7,14H2,1-3H3. The highest BCUT2D eigenvalue weighted by Crippen LogP contribution is 2.27. The Morgan fingerprint density at radius 3 is 2.29 bits per heavy atom. The van der Waals surface area contributed by atoms with Gasteiger partial charge in [-0.3, -0.25) is 0 Å². The molecule has 2 N–H and O–H groups in total. The Morgan fingerprint density at radius 2 is 1.71 bits per heavy atom. The Balaban J connectivity index is 2.26. The van der Waals surface area contributed by atoms with Crippen LogP contribution in [0.2, 0.25) is 0 Å². The first-order valence-electron chi connectivity index (χ1n) is 7.63. The van der Waals surface area contributed by atoms with Crippen LogP contribution in [0.3, 0.4) is 0 Å². The summed E-state index contributed by atoms with van der Waals surface area (Å²) in [5, 5.41) is 13.4. The summed E-state index contributed by atoms with van der Waals surface area (Å²) >= 11 is 0. The van der Waals surface area contributed by atoms with Gasteiger partial charge in [0, 0.05) is 5.69 Å². The second kappa shape index (κ2) is 6.77. The number of hydrogen-bond donors (Lipinski definition) is 2. The van der Waals surface area contributed by atoms with Crippen molar-refractivity contribution in [2.24, 2.45) is 0 Å². The van der Waals surface area contributed by atoms with Crippen molar-refractivity contribution in [2.45, 2.75) is 39.2 Å². The van der Waals surface area contributed by atoms with Crippen molar-refractivity contribution in [3.05, 3.63) is 65.2 Å². The quantitative estimate of drug-likeness (QED) is 0.830. The minimum absolute atomic E-state index is 0.0501. The number of nitrogens with one attached hydrogen (secondary N) is 1. The molecule has 2 aromatic rings. The van der Waals surface area contributed by atoms with Gasteiger partial charge in [0.15, 0.2) is 0 Å². The van der Waals surface area contributed by atoms with Gasteiger partial charge in [0.1, 0.15) is 0 Å². The van der Waals surface area contributed by atoms with E-state index >= 15 is 0 Å². The SMILES string of the molecule is CCCc1ccc(C(C)(CO)Nc2ccccc2C)cc1. The van der Waals surface area contributed by atoms with Crippen LogP contribution in [0.5, 0.6) is 0 Å². The van der Waals surface area contributed by atoms with E-state index in [4.69, 9.17) is 0 Å². The van der Waals surface area contributed by atoms with Crippen LogP contribution in [0.25, 0.3) is 0 Å². The molecular weight excluding hydrogens is 258 g/mol. The topological polar surface area (TPSA) is 32.3 Å². The predicted octanol–water partition coefficient (Wildman–Crippen LogP) is 4.27. The van der Waals surface area contributed by atoms with Crippen molar-refractivity contribution in [3.8, 4) is 0 Å². The minimum Gasteiger partial charge on any atom is -0.394 e. The number of hydrogen-bond acceptors (Lipinski definition) is 2. The van der Waals surface area contributed by atoms with E-state index in [0.717, 1.165) is 24.1 Å². The molecule has 0 fully saturated rings. The molecule has 0 saturated heterocycles. The summed E-state index contributed by atoms with van der Waals surface area (Å²) in [5.41, 5.74) is 4.22. The molecule has 1 atom stereocenters. The maximum atomic E-state index is 9.90. The number of anilines is 1. The fourth-order valence-corrected chi connectivity index (χ4v) is 2.54. The average Bonchev–Trinajstić information content (AvgIpc) is 2.50. The van der Waals surface area contributed by atoms with Gasteiger partial charge in [-0.25, -0.2) is 0 Å². The number of para-hydroxylation sites is 1. The molecule has 112 valence electrons. The van der Waals surface area contributed by atoms with E-state index in [2.05, 4.69) is 55.6 Å². The second-order valence-electron chi connectivity index (χ2n) is 5.88. The zero-order chi connectivity index (χ0) is 15.3. The van der Waals surface area contributed by atoms with Gasteiger partial charge in [0.25, 0.3) is 0 Å². The molecule has 0 aliphatic heterocycles. The lowest BCUT2D eigenvalue weighted by molar-refractivity contribution is 0.224. The van der Waals surface area contributed by atoms with Crippen molar-refractivity contribution in [1.29, 1.82) is 0 Å². The molecule has 0 aliphatic rings. The average molecular weight is 283 g/mol. The minimum atomic E-state index is -0.475. The Labute approximate surface area is 127 Å². The van der Waals surface area contributed by atoms with Crippen molar-refractivity contribution in [3.63, 3.8) is 0 Å². The lowest BCUT2D eigenvalue weighted by Gasteiger charge is -2.31. The first kappa shape index (κ1) is 15.6. The van der Waals surface area contributed by atoms with E-state index in [1.165, 1.54) is 11.1 Å². The summed E-state index contributed by atoms with van der Waals surface area (Å²) in [6, 6.07) is 16.7. The highest BCUT2D eigenvalue weighted by molar-refractivity contribution is 5.53. The van der Waals surface area contributed by atoms with E-state index in [9.17, 15) is 5.11 Å². The van der Waals surface area contributed by atoms with Crippen LogP contribution in [0.4, 0.5) is 5.69 Å². The third-order valence-corrected chi connectivity index (χ3v) is 4.00. The summed E-state index contributed by atoms with van der Waals surface area (Å²) in [6.45, 7) is 6.35. The lowest BCUT2D eigenvalue weighted by atomic mass is 9.91.